The Bertz CT molecular complexity index is 669. The van der Waals surface area contributed by atoms with E-state index in [9.17, 15) is 22.8 Å². The van der Waals surface area contributed by atoms with Crippen LogP contribution in [0.5, 0.6) is 0 Å². The Balaban J connectivity index is 1.56. The number of likely N-dealkylation sites (tertiary alicyclic amines) is 1. The van der Waals surface area contributed by atoms with Gasteiger partial charge < -0.3 is 15.0 Å². The van der Waals surface area contributed by atoms with Crippen LogP contribution in [-0.2, 0) is 9.53 Å². The van der Waals surface area contributed by atoms with Crippen molar-refractivity contribution in [3.8, 4) is 0 Å². The second kappa shape index (κ2) is 7.80. The molecule has 9 heteroatoms. The maximum absolute atomic E-state index is 12.7. The van der Waals surface area contributed by atoms with Gasteiger partial charge in [0.15, 0.2) is 0 Å². The summed E-state index contributed by atoms with van der Waals surface area (Å²) in [6.45, 7) is 6.19. The number of nitrogens with one attached hydrogen (secondary N) is 1. The Morgan fingerprint density at radius 3 is 2.28 bits per heavy atom. The van der Waals surface area contributed by atoms with Crippen LogP contribution in [0.1, 0.15) is 65.7 Å². The Hall–Kier alpha value is -1.80. The van der Waals surface area contributed by atoms with Gasteiger partial charge in [-0.15, -0.1) is 0 Å². The smallest absolute Gasteiger partial charge is 0.410 e. The predicted octanol–water partition coefficient (Wildman–Crippen LogP) is 4.04. The van der Waals surface area contributed by atoms with E-state index < -0.39 is 29.8 Å². The molecule has 0 bridgehead atoms. The van der Waals surface area contributed by atoms with Crippen LogP contribution in [-0.4, -0.2) is 53.1 Å². The van der Waals surface area contributed by atoms with E-state index in [1.807, 2.05) is 0 Å². The molecule has 1 aliphatic carbocycles. The lowest BCUT2D eigenvalue weighted by molar-refractivity contribution is -0.146. The molecule has 0 unspecified atom stereocenters. The highest BCUT2D eigenvalue weighted by atomic mass is 19.4. The van der Waals surface area contributed by atoms with Crippen LogP contribution in [0.15, 0.2) is 4.99 Å². The molecule has 0 aromatic rings. The summed E-state index contributed by atoms with van der Waals surface area (Å²) < 4.78 is 43.2. The summed E-state index contributed by atoms with van der Waals surface area (Å²) in [7, 11) is 0. The second-order valence-electron chi connectivity index (χ2n) is 9.49. The second-order valence-corrected chi connectivity index (χ2v) is 9.49. The number of amides is 2. The molecular weight excluding hydrogens is 387 g/mol. The third-order valence-electron chi connectivity index (χ3n) is 5.99. The Morgan fingerprint density at radius 1 is 1.17 bits per heavy atom. The summed E-state index contributed by atoms with van der Waals surface area (Å²) in [4.78, 5) is 31.2. The first-order valence-corrected chi connectivity index (χ1v) is 10.3. The van der Waals surface area contributed by atoms with Crippen molar-refractivity contribution in [2.45, 2.75) is 83.0 Å². The number of alkyl halides is 3. The van der Waals surface area contributed by atoms with Gasteiger partial charge in [-0.1, -0.05) is 0 Å². The van der Waals surface area contributed by atoms with Gasteiger partial charge in [-0.3, -0.25) is 9.79 Å². The van der Waals surface area contributed by atoms with Gasteiger partial charge in [-0.2, -0.15) is 13.2 Å². The van der Waals surface area contributed by atoms with Crippen molar-refractivity contribution in [1.29, 1.82) is 0 Å². The molecule has 1 N–H and O–H groups in total. The Labute approximate surface area is 169 Å². The third-order valence-corrected chi connectivity index (χ3v) is 5.99. The lowest BCUT2D eigenvalue weighted by Crippen LogP contribution is -2.51. The van der Waals surface area contributed by atoms with Gasteiger partial charge in [0.2, 0.25) is 0 Å². The van der Waals surface area contributed by atoms with Gasteiger partial charge in [0, 0.05) is 25.4 Å². The molecule has 1 saturated heterocycles. The first-order valence-electron chi connectivity index (χ1n) is 10.3. The van der Waals surface area contributed by atoms with Gasteiger partial charge in [-0.05, 0) is 65.2 Å². The fraction of sp³-hybridized carbons (Fsp3) is 0.850. The molecular formula is C20H30F3N3O3. The highest BCUT2D eigenvalue weighted by Gasteiger charge is 2.48. The SMILES string of the molecule is CC(C)(C)OC(=O)N1CCC2(CC1)N=C([C@H]1CC[C@H](CC(F)(F)F)CC1)NC2=O. The van der Waals surface area contributed by atoms with Crippen molar-refractivity contribution < 1.29 is 27.5 Å². The number of halogens is 3. The minimum atomic E-state index is -4.12. The Kier molecular flexibility index (Phi) is 5.89. The number of ether oxygens (including phenoxy) is 1. The first kappa shape index (κ1) is 21.9. The zero-order chi connectivity index (χ0) is 21.4. The number of carbonyl (C=O) groups is 2. The molecule has 0 aromatic heterocycles. The van der Waals surface area contributed by atoms with Crippen molar-refractivity contribution in [3.63, 3.8) is 0 Å². The molecule has 3 rings (SSSR count). The van der Waals surface area contributed by atoms with E-state index in [4.69, 9.17) is 9.73 Å². The van der Waals surface area contributed by atoms with Crippen molar-refractivity contribution in [2.24, 2.45) is 16.8 Å². The predicted molar refractivity (Wildman–Crippen MR) is 101 cm³/mol. The van der Waals surface area contributed by atoms with Crippen LogP contribution in [0, 0.1) is 11.8 Å². The lowest BCUT2D eigenvalue weighted by Gasteiger charge is -2.36. The standard InChI is InChI=1S/C20H30F3N3O3/c1-18(2,3)29-17(28)26-10-8-19(9-11-26)16(27)24-15(25-19)14-6-4-13(5-7-14)12-20(21,22)23/h13-14H,4-12H2,1-3H3,(H,24,25,27)/t13-,14-. The van der Waals surface area contributed by atoms with Crippen molar-refractivity contribution in [1.82, 2.24) is 10.2 Å². The van der Waals surface area contributed by atoms with Crippen molar-refractivity contribution >= 4 is 17.8 Å². The molecule has 164 valence electrons. The molecule has 2 heterocycles. The van der Waals surface area contributed by atoms with Gasteiger partial charge in [0.1, 0.15) is 17.0 Å². The number of carbonyl (C=O) groups excluding carboxylic acids is 2. The normalized spacial score (nSPS) is 27.6. The molecule has 2 aliphatic heterocycles. The van der Waals surface area contributed by atoms with Gasteiger partial charge in [-0.25, -0.2) is 4.79 Å². The van der Waals surface area contributed by atoms with Gasteiger partial charge >= 0.3 is 12.3 Å². The number of hydrogen-bond acceptors (Lipinski definition) is 4. The maximum atomic E-state index is 12.7. The fourth-order valence-electron chi connectivity index (χ4n) is 4.43. The number of piperidine rings is 1. The Morgan fingerprint density at radius 2 is 1.76 bits per heavy atom. The minimum Gasteiger partial charge on any atom is -0.444 e. The van der Waals surface area contributed by atoms with E-state index in [1.165, 1.54) is 0 Å². The van der Waals surface area contributed by atoms with E-state index >= 15 is 0 Å². The van der Waals surface area contributed by atoms with Crippen LogP contribution in [0.25, 0.3) is 0 Å². The average molecular weight is 417 g/mol. The summed E-state index contributed by atoms with van der Waals surface area (Å²) >= 11 is 0. The number of aliphatic imine (C=N–C) groups is 1. The molecule has 0 aromatic carbocycles. The first-order chi connectivity index (χ1) is 13.4. The molecule has 1 spiro atoms. The highest BCUT2D eigenvalue weighted by Crippen LogP contribution is 2.39. The molecule has 29 heavy (non-hydrogen) atoms. The number of nitrogens with zero attached hydrogens (tertiary/aromatic N) is 2. The topological polar surface area (TPSA) is 71.0 Å². The molecule has 2 amide bonds. The molecule has 6 nitrogen and oxygen atoms in total. The van der Waals surface area contributed by atoms with Crippen molar-refractivity contribution in [3.05, 3.63) is 0 Å². The van der Waals surface area contributed by atoms with E-state index in [0.717, 1.165) is 0 Å². The number of hydrogen-bond donors (Lipinski definition) is 1. The molecule has 1 saturated carbocycles. The van der Waals surface area contributed by atoms with Gasteiger partial charge in [0.05, 0.1) is 0 Å². The summed E-state index contributed by atoms with van der Waals surface area (Å²) in [6, 6.07) is 0. The molecule has 2 fully saturated rings. The zero-order valence-electron chi connectivity index (χ0n) is 17.3. The average Bonchev–Trinajstić information content (AvgIpc) is 2.89. The van der Waals surface area contributed by atoms with E-state index in [2.05, 4.69) is 5.32 Å². The summed E-state index contributed by atoms with van der Waals surface area (Å²) in [5, 5.41) is 2.88. The van der Waals surface area contributed by atoms with Crippen LogP contribution in [0.2, 0.25) is 0 Å². The van der Waals surface area contributed by atoms with Crippen LogP contribution in [0.3, 0.4) is 0 Å². The van der Waals surface area contributed by atoms with E-state index in [1.54, 1.807) is 25.7 Å². The summed E-state index contributed by atoms with van der Waals surface area (Å²) in [5.41, 5.74) is -1.44. The quantitative estimate of drug-likeness (QED) is 0.737. The highest BCUT2D eigenvalue weighted by molar-refractivity contribution is 6.09. The van der Waals surface area contributed by atoms with Crippen LogP contribution < -0.4 is 5.32 Å². The lowest BCUT2D eigenvalue weighted by atomic mass is 9.80. The molecule has 0 atom stereocenters. The monoisotopic (exact) mass is 417 g/mol. The van der Waals surface area contributed by atoms with Crippen LogP contribution in [0.4, 0.5) is 18.0 Å². The zero-order valence-corrected chi connectivity index (χ0v) is 17.3. The third kappa shape index (κ3) is 5.42. The van der Waals surface area contributed by atoms with E-state index in [0.29, 0.717) is 57.5 Å². The molecule has 3 aliphatic rings. The number of amidine groups is 1. The van der Waals surface area contributed by atoms with Crippen LogP contribution >= 0.6 is 0 Å². The summed E-state index contributed by atoms with van der Waals surface area (Å²) in [6.07, 6.45) is -2.18. The van der Waals surface area contributed by atoms with Gasteiger partial charge in [0.25, 0.3) is 5.91 Å². The van der Waals surface area contributed by atoms with Crippen molar-refractivity contribution in [2.75, 3.05) is 13.1 Å². The maximum Gasteiger partial charge on any atom is 0.410 e. The summed E-state index contributed by atoms with van der Waals surface area (Å²) in [5.74, 6) is 0.126. The van der Waals surface area contributed by atoms with E-state index in [-0.39, 0.29) is 17.7 Å². The largest absolute Gasteiger partial charge is 0.444 e. The minimum absolute atomic E-state index is 0.00620. The fourth-order valence-corrected chi connectivity index (χ4v) is 4.43. The molecule has 0 radical (unpaired) electrons. The number of rotatable bonds is 2.